The van der Waals surface area contributed by atoms with Crippen molar-refractivity contribution in [2.75, 3.05) is 0 Å². The van der Waals surface area contributed by atoms with Crippen LogP contribution in [-0.2, 0) is 38.8 Å². The second-order valence-electron chi connectivity index (χ2n) is 0. The largest absolute Gasteiger partial charge is 0.412 e. The fraction of sp³-hybridized carbons (Fsp3) is 0. The third kappa shape index (κ3) is 18.3. The van der Waals surface area contributed by atoms with Crippen LogP contribution in [0.1, 0.15) is 0 Å². The Hall–Kier alpha value is 3.65. The van der Waals surface area contributed by atoms with E-state index in [9.17, 15) is 0 Å². The molecule has 0 saturated heterocycles. The van der Waals surface area contributed by atoms with Crippen LogP contribution in [0.25, 0.3) is 0 Å². The quantitative estimate of drug-likeness (QED) is 0.503. The molecular weight excluding hydrogens is 306 g/mol. The summed E-state index contributed by atoms with van der Waals surface area (Å²) in [6.45, 7) is 0. The molecule has 0 amide bonds. The van der Waals surface area contributed by atoms with Crippen molar-refractivity contribution in [2.45, 2.75) is 0 Å². The van der Waals surface area contributed by atoms with Gasteiger partial charge in [0, 0.05) is 112 Å². The Balaban J connectivity index is 0. The van der Waals surface area contributed by atoms with Gasteiger partial charge in [-0.2, -0.15) is 0 Å². The molecule has 5 heavy (non-hydrogen) atoms. The first kappa shape index (κ1) is 38.0. The van der Waals surface area contributed by atoms with Crippen LogP contribution in [0, 0.1) is 35.6 Å². The van der Waals surface area contributed by atoms with Crippen molar-refractivity contribution >= 4 is 37.7 Å². The molecule has 0 aromatic carbocycles. The summed E-state index contributed by atoms with van der Waals surface area (Å²) in [5.41, 5.74) is 0. The van der Waals surface area contributed by atoms with Crippen molar-refractivity contribution < 1.29 is 79.9 Å². The van der Waals surface area contributed by atoms with E-state index in [0.717, 1.165) is 0 Å². The van der Waals surface area contributed by atoms with E-state index in [1.165, 1.54) is 0 Å². The second kappa shape index (κ2) is 25.4. The van der Waals surface area contributed by atoms with E-state index in [1.807, 2.05) is 0 Å². The molecule has 0 aliphatic rings. The van der Waals surface area contributed by atoms with Gasteiger partial charge >= 0.3 is 0 Å². The minimum absolute atomic E-state index is 0. The smallest absolute Gasteiger partial charge is 0 e. The van der Waals surface area contributed by atoms with Crippen molar-refractivity contribution in [3.63, 3.8) is 0 Å². The second-order valence-corrected chi connectivity index (χ2v) is 0. The molecule has 0 atom stereocenters. The molecule has 5 heteroatoms. The summed E-state index contributed by atoms with van der Waals surface area (Å²) in [6.07, 6.45) is 0. The number of hydrogen-bond donors (Lipinski definition) is 0. The molecule has 0 bridgehead atoms. The first-order valence-electron chi connectivity index (χ1n) is 0. The maximum atomic E-state index is 0. The molecule has 0 spiro atoms. The van der Waals surface area contributed by atoms with Gasteiger partial charge in [0.05, 0.1) is 0 Å². The first-order valence-corrected chi connectivity index (χ1v) is 0. The van der Waals surface area contributed by atoms with Gasteiger partial charge in [-0.15, -0.1) is 0 Å². The standard InChI is InChI=1S/Ca.Cu.La.H2O.Ti/h;;;1H2;. The molecule has 0 rings (SSSR count). The SMILES string of the molecule is O.[Ca].[Cu].[La].[Ti]. The van der Waals surface area contributed by atoms with Crippen molar-refractivity contribution in [2.24, 2.45) is 0 Å². The van der Waals surface area contributed by atoms with Crippen molar-refractivity contribution in [3.05, 3.63) is 0 Å². The Morgan fingerprint density at radius 3 is 1.00 bits per heavy atom. The van der Waals surface area contributed by atoms with E-state index >= 15 is 0 Å². The van der Waals surface area contributed by atoms with Gasteiger partial charge in [-0.25, -0.2) is 0 Å². The topological polar surface area (TPSA) is 31.5 Å². The average Bonchev–Trinajstić information content (AvgIpc) is 0. The summed E-state index contributed by atoms with van der Waals surface area (Å²) in [7, 11) is 0. The van der Waals surface area contributed by atoms with Crippen molar-refractivity contribution in [1.29, 1.82) is 0 Å². The normalized spacial score (nSPS) is 0. The molecule has 1 nitrogen and oxygen atoms in total. The van der Waals surface area contributed by atoms with Gasteiger partial charge in [0.15, 0.2) is 0 Å². The van der Waals surface area contributed by atoms with Crippen LogP contribution in [0.4, 0.5) is 0 Å². The van der Waals surface area contributed by atoms with Crippen molar-refractivity contribution in [3.8, 4) is 0 Å². The van der Waals surface area contributed by atoms with Crippen LogP contribution >= 0.6 is 0 Å². The Morgan fingerprint density at radius 2 is 1.00 bits per heavy atom. The number of hydrogen-bond acceptors (Lipinski definition) is 0. The van der Waals surface area contributed by atoms with Crippen LogP contribution in [0.3, 0.4) is 0 Å². The fourth-order valence-electron chi connectivity index (χ4n) is 0. The molecule has 28 valence electrons. The maximum absolute atomic E-state index is 0. The molecule has 0 unspecified atom stereocenters. The Bertz CT molecular complexity index is 11.6. The van der Waals surface area contributed by atoms with Crippen molar-refractivity contribution in [1.82, 2.24) is 0 Å². The maximum Gasteiger partial charge on any atom is 0 e. The van der Waals surface area contributed by atoms with Gasteiger partial charge in [0.25, 0.3) is 0 Å². The van der Waals surface area contributed by atoms with Gasteiger partial charge in [-0.3, -0.25) is 0 Å². The van der Waals surface area contributed by atoms with E-state index in [1.54, 1.807) is 0 Å². The summed E-state index contributed by atoms with van der Waals surface area (Å²) < 4.78 is 0. The van der Waals surface area contributed by atoms with Gasteiger partial charge < -0.3 is 5.48 Å². The minimum Gasteiger partial charge on any atom is -0.412 e. The summed E-state index contributed by atoms with van der Waals surface area (Å²) in [4.78, 5) is 0. The monoisotopic (exact) mass is 308 g/mol. The molecule has 0 fully saturated rings. The van der Waals surface area contributed by atoms with E-state index in [0.29, 0.717) is 0 Å². The molecule has 0 aromatic rings. The van der Waals surface area contributed by atoms with Crippen LogP contribution in [0.15, 0.2) is 0 Å². The minimum atomic E-state index is 0. The Labute approximate surface area is 115 Å². The van der Waals surface area contributed by atoms with E-state index in [-0.39, 0.29) is 118 Å². The zero-order valence-corrected chi connectivity index (χ0v) is 10.9. The molecule has 0 saturated carbocycles. The van der Waals surface area contributed by atoms with Crippen LogP contribution in [0.2, 0.25) is 0 Å². The van der Waals surface area contributed by atoms with Gasteiger partial charge in [0.2, 0.25) is 0 Å². The van der Waals surface area contributed by atoms with Crippen LogP contribution in [0.5, 0.6) is 0 Å². The van der Waals surface area contributed by atoms with Gasteiger partial charge in [0.1, 0.15) is 0 Å². The molecule has 4 radical (unpaired) electrons. The molecule has 0 aliphatic carbocycles. The summed E-state index contributed by atoms with van der Waals surface area (Å²) in [5.74, 6) is 0. The van der Waals surface area contributed by atoms with Gasteiger partial charge in [-0.05, 0) is 0 Å². The predicted molar refractivity (Wildman–Crippen MR) is 9.37 cm³/mol. The molecule has 0 aromatic heterocycles. The third-order valence-electron chi connectivity index (χ3n) is 0. The summed E-state index contributed by atoms with van der Waals surface area (Å²) in [6, 6.07) is 0. The molecule has 2 N–H and O–H groups in total. The molecule has 0 heterocycles. The Morgan fingerprint density at radius 1 is 1.00 bits per heavy atom. The Kier molecular flexibility index (Phi) is 193. The van der Waals surface area contributed by atoms with Crippen LogP contribution < -0.4 is 0 Å². The van der Waals surface area contributed by atoms with Gasteiger partial charge in [-0.1, -0.05) is 0 Å². The average molecular weight is 308 g/mol. The van der Waals surface area contributed by atoms with Crippen LogP contribution in [-0.4, -0.2) is 43.2 Å². The molecule has 0 aliphatic heterocycles. The number of rotatable bonds is 0. The zero-order chi connectivity index (χ0) is 0. The summed E-state index contributed by atoms with van der Waals surface area (Å²) in [5, 5.41) is 0. The molecular formula is H2CaCuLaOTi. The predicted octanol–water partition coefficient (Wildman–Crippen LogP) is -1.21. The van der Waals surface area contributed by atoms with E-state index in [2.05, 4.69) is 0 Å². The zero-order valence-electron chi connectivity index (χ0n) is 2.59. The van der Waals surface area contributed by atoms with E-state index in [4.69, 9.17) is 0 Å². The third-order valence-corrected chi connectivity index (χ3v) is 0. The fourth-order valence-corrected chi connectivity index (χ4v) is 0. The first-order chi connectivity index (χ1) is 0. The van der Waals surface area contributed by atoms with E-state index < -0.39 is 0 Å². The summed E-state index contributed by atoms with van der Waals surface area (Å²) >= 11 is 0.